The largest absolute Gasteiger partial charge is 1.00 e. The zero-order chi connectivity index (χ0) is 15.0. The molecule has 0 spiro atoms. The Morgan fingerprint density at radius 2 is 1.90 bits per heavy atom. The predicted octanol–water partition coefficient (Wildman–Crippen LogP) is -1.14. The van der Waals surface area contributed by atoms with E-state index in [1.165, 1.54) is 24.3 Å². The van der Waals surface area contributed by atoms with E-state index in [0.717, 1.165) is 5.57 Å². The van der Waals surface area contributed by atoms with Crippen LogP contribution in [0.5, 0.6) is 5.75 Å². The molecule has 4 nitrogen and oxygen atoms in total. The average Bonchev–Trinajstić information content (AvgIpc) is 2.45. The number of benzene rings is 1. The quantitative estimate of drug-likeness (QED) is 0.533. The molecule has 1 amide bonds. The second-order valence-electron chi connectivity index (χ2n) is 4.30. The van der Waals surface area contributed by atoms with Gasteiger partial charge in [-0.2, -0.15) is 0 Å². The molecule has 21 heavy (non-hydrogen) atoms. The van der Waals surface area contributed by atoms with Crippen molar-refractivity contribution in [3.05, 3.63) is 65.4 Å². The second kappa shape index (κ2) is 10.8. The van der Waals surface area contributed by atoms with E-state index < -0.39 is 0 Å². The number of nitrogens with two attached hydrogens (primary N) is 1. The maximum Gasteiger partial charge on any atom is 1.00 e. The Bertz CT molecular complexity index is 546. The van der Waals surface area contributed by atoms with Crippen molar-refractivity contribution in [3.8, 4) is 5.75 Å². The third-order valence-electron chi connectivity index (χ3n) is 2.71. The summed E-state index contributed by atoms with van der Waals surface area (Å²) in [6, 6.07) is 5.71. The molecular weight excluding hydrogens is 291 g/mol. The van der Waals surface area contributed by atoms with Crippen LogP contribution in [-0.2, 0) is 0 Å². The molecule has 1 aromatic carbocycles. The standard InChI is InChI=1S/C16H20N2O2.K/c1-3-4-5-6-12(2)15(17)11-18-16(20)13-7-9-14(19)10-8-13;/h3-10,19H,11,17H2,1-2H3,(H,18,20);/q;+1/p-1/b4-3-,6-5-,15-12+;. The molecular formula is C16H19KN2O2. The summed E-state index contributed by atoms with van der Waals surface area (Å²) in [4.78, 5) is 11.8. The Morgan fingerprint density at radius 1 is 1.29 bits per heavy atom. The summed E-state index contributed by atoms with van der Waals surface area (Å²) in [6.07, 6.45) is 7.59. The molecule has 0 saturated heterocycles. The molecule has 1 aromatic rings. The van der Waals surface area contributed by atoms with Crippen molar-refractivity contribution < 1.29 is 61.3 Å². The molecule has 0 aliphatic rings. The second-order valence-corrected chi connectivity index (χ2v) is 4.30. The van der Waals surface area contributed by atoms with E-state index in [1.807, 2.05) is 38.2 Å². The summed E-state index contributed by atoms with van der Waals surface area (Å²) in [7, 11) is 0. The van der Waals surface area contributed by atoms with Gasteiger partial charge in [-0.15, -0.1) is 5.75 Å². The van der Waals surface area contributed by atoms with E-state index in [-0.39, 0.29) is 69.6 Å². The van der Waals surface area contributed by atoms with Gasteiger partial charge in [-0.3, -0.25) is 4.79 Å². The molecule has 0 unspecified atom stereocenters. The fourth-order valence-corrected chi connectivity index (χ4v) is 1.44. The number of carbonyl (C=O) groups excluding carboxylic acids is 1. The van der Waals surface area contributed by atoms with E-state index in [2.05, 4.69) is 5.32 Å². The van der Waals surface area contributed by atoms with E-state index in [1.54, 1.807) is 0 Å². The van der Waals surface area contributed by atoms with Crippen LogP contribution in [0.4, 0.5) is 0 Å². The van der Waals surface area contributed by atoms with Crippen molar-refractivity contribution in [2.24, 2.45) is 5.73 Å². The molecule has 0 saturated carbocycles. The monoisotopic (exact) mass is 310 g/mol. The molecule has 0 aliphatic heterocycles. The maximum atomic E-state index is 11.8. The Morgan fingerprint density at radius 3 is 2.48 bits per heavy atom. The van der Waals surface area contributed by atoms with Crippen LogP contribution in [0.2, 0.25) is 0 Å². The molecule has 0 heterocycles. The normalized spacial score (nSPS) is 12.1. The first kappa shape index (κ1) is 20.1. The van der Waals surface area contributed by atoms with E-state index in [0.29, 0.717) is 11.3 Å². The van der Waals surface area contributed by atoms with Crippen molar-refractivity contribution >= 4 is 5.91 Å². The van der Waals surface area contributed by atoms with Crippen molar-refractivity contribution in [2.75, 3.05) is 6.54 Å². The summed E-state index contributed by atoms with van der Waals surface area (Å²) < 4.78 is 0. The maximum absolute atomic E-state index is 11.8. The average molecular weight is 310 g/mol. The van der Waals surface area contributed by atoms with Crippen LogP contribution in [0.25, 0.3) is 0 Å². The minimum absolute atomic E-state index is 0. The van der Waals surface area contributed by atoms with Gasteiger partial charge in [0.2, 0.25) is 0 Å². The van der Waals surface area contributed by atoms with Crippen molar-refractivity contribution in [1.82, 2.24) is 5.32 Å². The van der Waals surface area contributed by atoms with Crippen molar-refractivity contribution in [3.63, 3.8) is 0 Å². The minimum Gasteiger partial charge on any atom is -0.872 e. The number of hydrogen-bond acceptors (Lipinski definition) is 3. The van der Waals surface area contributed by atoms with Gasteiger partial charge in [0.05, 0.1) is 6.54 Å². The van der Waals surface area contributed by atoms with Crippen LogP contribution in [0.3, 0.4) is 0 Å². The molecule has 3 N–H and O–H groups in total. The third kappa shape index (κ3) is 7.64. The Kier molecular flexibility index (Phi) is 10.4. The minimum atomic E-state index is -0.252. The van der Waals surface area contributed by atoms with E-state index in [4.69, 9.17) is 5.73 Å². The first-order chi connectivity index (χ1) is 9.54. The Balaban J connectivity index is 0.00000400. The molecule has 106 valence electrons. The van der Waals surface area contributed by atoms with Gasteiger partial charge in [-0.05, 0) is 19.4 Å². The number of carbonyl (C=O) groups is 1. The zero-order valence-corrected chi connectivity index (χ0v) is 15.8. The summed E-state index contributed by atoms with van der Waals surface area (Å²) >= 11 is 0. The predicted molar refractivity (Wildman–Crippen MR) is 79.1 cm³/mol. The number of nitrogens with one attached hydrogen (secondary N) is 1. The summed E-state index contributed by atoms with van der Waals surface area (Å²) in [6.45, 7) is 4.08. The topological polar surface area (TPSA) is 78.2 Å². The van der Waals surface area contributed by atoms with Gasteiger partial charge in [-0.25, -0.2) is 0 Å². The third-order valence-corrected chi connectivity index (χ3v) is 2.71. The van der Waals surface area contributed by atoms with Gasteiger partial charge in [-0.1, -0.05) is 48.6 Å². The molecule has 0 aliphatic carbocycles. The van der Waals surface area contributed by atoms with Crippen LogP contribution in [0.1, 0.15) is 24.2 Å². The SMILES string of the molecule is C\C=C/C=C\C(C)=C(\N)CNC(=O)c1ccc([O-])cc1.[K+]. The van der Waals surface area contributed by atoms with Crippen LogP contribution < -0.4 is 67.5 Å². The molecule has 0 bridgehead atoms. The van der Waals surface area contributed by atoms with Gasteiger partial charge in [0.15, 0.2) is 0 Å². The smallest absolute Gasteiger partial charge is 0.872 e. The summed E-state index contributed by atoms with van der Waals surface area (Å²) in [5, 5.41) is 13.7. The van der Waals surface area contributed by atoms with E-state index >= 15 is 0 Å². The van der Waals surface area contributed by atoms with Crippen molar-refractivity contribution in [2.45, 2.75) is 13.8 Å². The first-order valence-corrected chi connectivity index (χ1v) is 6.34. The molecule has 0 aromatic heterocycles. The van der Waals surface area contributed by atoms with Crippen LogP contribution >= 0.6 is 0 Å². The number of allylic oxidation sites excluding steroid dienone is 5. The number of rotatable bonds is 5. The number of hydrogen-bond donors (Lipinski definition) is 2. The molecule has 1 rings (SSSR count). The molecule has 0 fully saturated rings. The summed E-state index contributed by atoms with van der Waals surface area (Å²) in [5.74, 6) is -0.371. The van der Waals surface area contributed by atoms with Gasteiger partial charge >= 0.3 is 51.4 Å². The van der Waals surface area contributed by atoms with Crippen LogP contribution in [0, 0.1) is 0 Å². The van der Waals surface area contributed by atoms with Gasteiger partial charge in [0.1, 0.15) is 0 Å². The number of amides is 1. The Labute approximate surface area is 168 Å². The Hall–Kier alpha value is -0.854. The van der Waals surface area contributed by atoms with Crippen LogP contribution in [-0.4, -0.2) is 12.5 Å². The summed E-state index contributed by atoms with van der Waals surface area (Å²) in [5.41, 5.74) is 7.83. The van der Waals surface area contributed by atoms with Crippen molar-refractivity contribution in [1.29, 1.82) is 0 Å². The zero-order valence-electron chi connectivity index (χ0n) is 12.7. The first-order valence-electron chi connectivity index (χ1n) is 6.34. The fraction of sp³-hybridized carbons (Fsp3) is 0.188. The van der Waals surface area contributed by atoms with Gasteiger partial charge in [0.25, 0.3) is 5.91 Å². The van der Waals surface area contributed by atoms with Gasteiger partial charge < -0.3 is 16.2 Å². The molecule has 5 heteroatoms. The molecule has 0 atom stereocenters. The van der Waals surface area contributed by atoms with Crippen LogP contribution in [0.15, 0.2) is 59.8 Å². The fourth-order valence-electron chi connectivity index (χ4n) is 1.44. The van der Waals surface area contributed by atoms with Gasteiger partial charge in [0, 0.05) is 11.3 Å². The van der Waals surface area contributed by atoms with E-state index in [9.17, 15) is 9.90 Å². The molecule has 0 radical (unpaired) electrons.